The second-order valence-electron chi connectivity index (χ2n) is 12.4. The molecule has 0 bridgehead atoms. The van der Waals surface area contributed by atoms with Crippen LogP contribution in [0.15, 0.2) is 60.7 Å². The summed E-state index contributed by atoms with van der Waals surface area (Å²) in [5, 5.41) is 2.32. The van der Waals surface area contributed by atoms with Crippen LogP contribution in [0.3, 0.4) is 0 Å². The van der Waals surface area contributed by atoms with Crippen molar-refractivity contribution in [3.8, 4) is 0 Å². The molecule has 0 aliphatic carbocycles. The SMILES string of the molecule is CC(C)(C)OC(=O)N1CCC(N2C[C@@H](O[Si](c3ccccc3)(c3ccccc3)C(C)(C)C)CC2=O)CC1. The van der Waals surface area contributed by atoms with Crippen LogP contribution in [0.1, 0.15) is 60.8 Å². The molecule has 0 radical (unpaired) electrons. The Morgan fingerprint density at radius 3 is 1.84 bits per heavy atom. The van der Waals surface area contributed by atoms with Crippen LogP contribution >= 0.6 is 0 Å². The van der Waals surface area contributed by atoms with E-state index in [9.17, 15) is 9.59 Å². The topological polar surface area (TPSA) is 59.1 Å². The number of amides is 2. The highest BCUT2D eigenvalue weighted by atomic mass is 28.4. The molecule has 4 rings (SSSR count). The van der Waals surface area contributed by atoms with Crippen molar-refractivity contribution < 1.29 is 18.8 Å². The zero-order chi connectivity index (χ0) is 26.8. The van der Waals surface area contributed by atoms with Crippen LogP contribution in [-0.4, -0.2) is 67.5 Å². The molecule has 2 aromatic carbocycles. The second kappa shape index (κ2) is 10.6. The van der Waals surface area contributed by atoms with E-state index < -0.39 is 13.9 Å². The lowest BCUT2D eigenvalue weighted by Crippen LogP contribution is -2.67. The molecule has 2 aliphatic rings. The molecule has 200 valence electrons. The Kier molecular flexibility index (Phi) is 7.86. The van der Waals surface area contributed by atoms with E-state index in [-0.39, 0.29) is 29.2 Å². The molecule has 7 heteroatoms. The largest absolute Gasteiger partial charge is 0.444 e. The summed E-state index contributed by atoms with van der Waals surface area (Å²) < 4.78 is 12.8. The normalized spacial score (nSPS) is 19.8. The Balaban J connectivity index is 1.52. The molecule has 2 heterocycles. The number of ether oxygens (including phenoxy) is 1. The van der Waals surface area contributed by atoms with Crippen molar-refractivity contribution in [3.05, 3.63) is 60.7 Å². The van der Waals surface area contributed by atoms with E-state index in [1.54, 1.807) is 4.90 Å². The van der Waals surface area contributed by atoms with Gasteiger partial charge in [0.05, 0.1) is 12.5 Å². The van der Waals surface area contributed by atoms with E-state index in [2.05, 4.69) is 69.3 Å². The number of benzene rings is 2. The molecule has 37 heavy (non-hydrogen) atoms. The average Bonchev–Trinajstić information content (AvgIpc) is 3.21. The van der Waals surface area contributed by atoms with E-state index in [1.807, 2.05) is 37.8 Å². The van der Waals surface area contributed by atoms with Gasteiger partial charge < -0.3 is 19.0 Å². The first-order chi connectivity index (χ1) is 17.4. The summed E-state index contributed by atoms with van der Waals surface area (Å²) >= 11 is 0. The number of hydrogen-bond donors (Lipinski definition) is 0. The maximum Gasteiger partial charge on any atom is 0.410 e. The molecule has 2 amide bonds. The standard InChI is InChI=1S/C30H42N2O4Si/c1-29(2,3)35-28(34)31-19-17-23(18-20-31)32-22-24(21-27(32)33)36-37(30(4,5)6,25-13-9-7-10-14-25)26-15-11-8-12-16-26/h7-16,23-24H,17-22H2,1-6H3/t24-/m0/s1. The average molecular weight is 523 g/mol. The monoisotopic (exact) mass is 522 g/mol. The van der Waals surface area contributed by atoms with Crippen molar-refractivity contribution in [1.82, 2.24) is 9.80 Å². The van der Waals surface area contributed by atoms with Crippen LogP contribution in [0.25, 0.3) is 0 Å². The number of carbonyl (C=O) groups excluding carboxylic acids is 2. The predicted octanol–water partition coefficient (Wildman–Crippen LogP) is 4.56. The molecule has 1 atom stereocenters. The zero-order valence-electron chi connectivity index (χ0n) is 23.2. The zero-order valence-corrected chi connectivity index (χ0v) is 24.2. The van der Waals surface area contributed by atoms with Crippen LogP contribution < -0.4 is 10.4 Å². The lowest BCUT2D eigenvalue weighted by Gasteiger charge is -2.44. The predicted molar refractivity (Wildman–Crippen MR) is 150 cm³/mol. The quantitative estimate of drug-likeness (QED) is 0.540. The van der Waals surface area contributed by atoms with Crippen LogP contribution in [-0.2, 0) is 14.0 Å². The molecule has 0 spiro atoms. The summed E-state index contributed by atoms with van der Waals surface area (Å²) in [5.74, 6) is 0.152. The highest BCUT2D eigenvalue weighted by molar-refractivity contribution is 6.99. The first-order valence-corrected chi connectivity index (χ1v) is 15.4. The fourth-order valence-electron chi connectivity index (χ4n) is 5.76. The number of nitrogens with zero attached hydrogens (tertiary/aromatic N) is 2. The van der Waals surface area contributed by atoms with Crippen molar-refractivity contribution >= 4 is 30.7 Å². The van der Waals surface area contributed by atoms with Gasteiger partial charge in [-0.15, -0.1) is 0 Å². The summed E-state index contributed by atoms with van der Waals surface area (Å²) in [7, 11) is -2.72. The van der Waals surface area contributed by atoms with Crippen molar-refractivity contribution in [2.24, 2.45) is 0 Å². The molecule has 2 saturated heterocycles. The highest BCUT2D eigenvalue weighted by Gasteiger charge is 2.53. The van der Waals surface area contributed by atoms with Gasteiger partial charge in [-0.2, -0.15) is 0 Å². The minimum Gasteiger partial charge on any atom is -0.444 e. The Bertz CT molecular complexity index is 1030. The molecule has 2 aromatic rings. The molecule has 0 aromatic heterocycles. The van der Waals surface area contributed by atoms with Crippen LogP contribution in [0.4, 0.5) is 4.79 Å². The van der Waals surface area contributed by atoms with E-state index in [0.717, 1.165) is 12.8 Å². The summed E-state index contributed by atoms with van der Waals surface area (Å²) in [6.45, 7) is 14.2. The first-order valence-electron chi connectivity index (χ1n) is 13.5. The molecule has 0 saturated carbocycles. The number of likely N-dealkylation sites (tertiary alicyclic amines) is 2. The van der Waals surface area contributed by atoms with Gasteiger partial charge in [-0.05, 0) is 49.0 Å². The van der Waals surface area contributed by atoms with Gasteiger partial charge in [-0.3, -0.25) is 4.79 Å². The Morgan fingerprint density at radius 1 is 0.865 bits per heavy atom. The van der Waals surface area contributed by atoms with Crippen LogP contribution in [0.2, 0.25) is 5.04 Å². The molecular weight excluding hydrogens is 480 g/mol. The third-order valence-corrected chi connectivity index (χ3v) is 12.5. The van der Waals surface area contributed by atoms with Gasteiger partial charge in [0.2, 0.25) is 5.91 Å². The van der Waals surface area contributed by atoms with Crippen molar-refractivity contribution in [2.75, 3.05) is 19.6 Å². The van der Waals surface area contributed by atoms with E-state index in [1.165, 1.54) is 10.4 Å². The molecule has 6 nitrogen and oxygen atoms in total. The van der Waals surface area contributed by atoms with Gasteiger partial charge in [0, 0.05) is 25.7 Å². The lowest BCUT2D eigenvalue weighted by molar-refractivity contribution is -0.130. The van der Waals surface area contributed by atoms with Gasteiger partial charge in [-0.1, -0.05) is 81.4 Å². The second-order valence-corrected chi connectivity index (χ2v) is 16.6. The fourth-order valence-corrected chi connectivity index (χ4v) is 10.4. The van der Waals surface area contributed by atoms with E-state index in [4.69, 9.17) is 9.16 Å². The minimum atomic E-state index is -2.72. The lowest BCUT2D eigenvalue weighted by atomic mass is 10.0. The van der Waals surface area contributed by atoms with Gasteiger partial charge in [0.25, 0.3) is 8.32 Å². The third-order valence-electron chi connectivity index (χ3n) is 7.44. The fraction of sp³-hybridized carbons (Fsp3) is 0.533. The molecule has 2 aliphatic heterocycles. The minimum absolute atomic E-state index is 0.124. The number of piperidine rings is 1. The smallest absolute Gasteiger partial charge is 0.410 e. The molecule has 0 N–H and O–H groups in total. The summed E-state index contributed by atoms with van der Waals surface area (Å²) in [6.07, 6.45) is 1.49. The number of rotatable bonds is 5. The van der Waals surface area contributed by atoms with Gasteiger partial charge in [0.15, 0.2) is 0 Å². The van der Waals surface area contributed by atoms with Crippen molar-refractivity contribution in [2.45, 2.75) is 83.6 Å². The maximum atomic E-state index is 13.3. The van der Waals surface area contributed by atoms with E-state index >= 15 is 0 Å². The molecule has 2 fully saturated rings. The van der Waals surface area contributed by atoms with Crippen LogP contribution in [0.5, 0.6) is 0 Å². The van der Waals surface area contributed by atoms with Crippen LogP contribution in [0, 0.1) is 0 Å². The van der Waals surface area contributed by atoms with Gasteiger partial charge >= 0.3 is 6.09 Å². The van der Waals surface area contributed by atoms with Crippen molar-refractivity contribution in [3.63, 3.8) is 0 Å². The van der Waals surface area contributed by atoms with Crippen molar-refractivity contribution in [1.29, 1.82) is 0 Å². The molecular formula is C30H42N2O4Si. The van der Waals surface area contributed by atoms with Gasteiger partial charge in [-0.25, -0.2) is 4.79 Å². The third kappa shape index (κ3) is 5.93. The molecule has 0 unspecified atom stereocenters. The number of hydrogen-bond acceptors (Lipinski definition) is 4. The van der Waals surface area contributed by atoms with E-state index in [0.29, 0.717) is 26.1 Å². The Morgan fingerprint density at radius 2 is 1.38 bits per heavy atom. The Labute approximate surface area is 223 Å². The maximum absolute atomic E-state index is 13.3. The summed E-state index contributed by atoms with van der Waals surface area (Å²) in [6, 6.07) is 21.3. The van der Waals surface area contributed by atoms with Gasteiger partial charge in [0.1, 0.15) is 5.60 Å². The Hall–Kier alpha value is -2.64. The highest BCUT2D eigenvalue weighted by Crippen LogP contribution is 2.39. The number of carbonyl (C=O) groups is 2. The summed E-state index contributed by atoms with van der Waals surface area (Å²) in [5.41, 5.74) is -0.510. The summed E-state index contributed by atoms with van der Waals surface area (Å²) in [4.78, 5) is 29.5. The first kappa shape index (κ1) is 27.4.